The Hall–Kier alpha value is -4.00. The molecule has 168 valence electrons. The monoisotopic (exact) mass is 445 g/mol. The molecule has 0 atom stereocenters. The number of oxazole rings is 1. The number of carbonyl (C=O) groups excluding carboxylic acids is 1. The minimum atomic E-state index is -0.512. The fraction of sp³-hybridized carbons (Fsp3) is 0.192. The van der Waals surface area contributed by atoms with E-state index in [1.54, 1.807) is 18.2 Å². The maximum Gasteiger partial charge on any atom is 0.331 e. The van der Waals surface area contributed by atoms with Crippen LogP contribution >= 0.6 is 0 Å². The van der Waals surface area contributed by atoms with Crippen molar-refractivity contribution in [1.29, 1.82) is 0 Å². The molecule has 0 aliphatic rings. The van der Waals surface area contributed by atoms with E-state index < -0.39 is 5.97 Å². The minimum absolute atomic E-state index is 0.102. The number of esters is 1. The Morgan fingerprint density at radius 2 is 1.82 bits per heavy atom. The van der Waals surface area contributed by atoms with Crippen LogP contribution in [0.2, 0.25) is 0 Å². The van der Waals surface area contributed by atoms with Gasteiger partial charge in [0.1, 0.15) is 5.82 Å². The van der Waals surface area contributed by atoms with Gasteiger partial charge in [0.15, 0.2) is 12.4 Å². The van der Waals surface area contributed by atoms with Gasteiger partial charge in [-0.3, -0.25) is 4.68 Å². The van der Waals surface area contributed by atoms with Gasteiger partial charge in [-0.25, -0.2) is 14.2 Å². The van der Waals surface area contributed by atoms with Crippen molar-refractivity contribution in [3.63, 3.8) is 0 Å². The van der Waals surface area contributed by atoms with Gasteiger partial charge < -0.3 is 9.15 Å². The molecule has 0 N–H and O–H groups in total. The third-order valence-corrected chi connectivity index (χ3v) is 5.30. The second-order valence-corrected chi connectivity index (χ2v) is 7.79. The summed E-state index contributed by atoms with van der Waals surface area (Å²) < 4.78 is 25.8. The van der Waals surface area contributed by atoms with Gasteiger partial charge in [0.05, 0.1) is 18.4 Å². The lowest BCUT2D eigenvalue weighted by atomic mass is 10.1. The van der Waals surface area contributed by atoms with Crippen LogP contribution in [0.1, 0.15) is 34.0 Å². The van der Waals surface area contributed by atoms with Gasteiger partial charge in [-0.1, -0.05) is 29.8 Å². The zero-order chi connectivity index (χ0) is 23.4. The first-order chi connectivity index (χ1) is 15.9. The summed E-state index contributed by atoms with van der Waals surface area (Å²) in [6.45, 7) is 6.50. The van der Waals surface area contributed by atoms with Gasteiger partial charge in [0, 0.05) is 22.9 Å². The molecule has 0 saturated heterocycles. The molecular formula is C26H24FN3O3. The second-order valence-electron chi connectivity index (χ2n) is 7.79. The molecule has 2 aromatic heterocycles. The Morgan fingerprint density at radius 1 is 1.09 bits per heavy atom. The van der Waals surface area contributed by atoms with Crippen LogP contribution in [0.3, 0.4) is 0 Å². The van der Waals surface area contributed by atoms with Crippen molar-refractivity contribution in [2.45, 2.75) is 33.9 Å². The zero-order valence-electron chi connectivity index (χ0n) is 18.7. The smallest absolute Gasteiger partial charge is 0.331 e. The summed E-state index contributed by atoms with van der Waals surface area (Å²) in [5.74, 6) is -0.106. The molecule has 7 heteroatoms. The molecule has 0 unspecified atom stereocenters. The number of ether oxygens (including phenoxy) is 1. The van der Waals surface area contributed by atoms with Gasteiger partial charge in [-0.15, -0.1) is 0 Å². The van der Waals surface area contributed by atoms with Crippen LogP contribution < -0.4 is 0 Å². The van der Waals surface area contributed by atoms with Crippen LogP contribution in [-0.2, 0) is 22.7 Å². The summed E-state index contributed by atoms with van der Waals surface area (Å²) in [5.41, 5.74) is 5.75. The van der Waals surface area contributed by atoms with Crippen molar-refractivity contribution in [3.8, 4) is 11.3 Å². The van der Waals surface area contributed by atoms with Crippen molar-refractivity contribution in [2.24, 2.45) is 0 Å². The van der Waals surface area contributed by atoms with Crippen molar-refractivity contribution in [3.05, 3.63) is 101 Å². The standard InChI is InChI=1S/C26H24FN3O3/c1-17-4-6-20(7-5-17)15-30-19(3)23(18(2)29-30)12-13-26(31)32-16-25-28-14-24(33-25)21-8-10-22(27)11-9-21/h4-14H,15-16H2,1-3H3. The maximum atomic E-state index is 13.1. The Kier molecular flexibility index (Phi) is 6.49. The average molecular weight is 445 g/mol. The molecule has 0 aliphatic carbocycles. The van der Waals surface area contributed by atoms with Crippen LogP contribution in [0.15, 0.2) is 65.2 Å². The molecule has 0 amide bonds. The molecule has 0 spiro atoms. The number of aryl methyl sites for hydroxylation is 2. The summed E-state index contributed by atoms with van der Waals surface area (Å²) >= 11 is 0. The summed E-state index contributed by atoms with van der Waals surface area (Å²) in [6.07, 6.45) is 4.60. The summed E-state index contributed by atoms with van der Waals surface area (Å²) in [7, 11) is 0. The first-order valence-electron chi connectivity index (χ1n) is 10.5. The molecule has 4 aromatic rings. The van der Waals surface area contributed by atoms with Crippen molar-refractivity contribution >= 4 is 12.0 Å². The van der Waals surface area contributed by atoms with Crippen molar-refractivity contribution in [1.82, 2.24) is 14.8 Å². The summed E-state index contributed by atoms with van der Waals surface area (Å²) in [5, 5.41) is 4.60. The van der Waals surface area contributed by atoms with E-state index in [1.807, 2.05) is 18.5 Å². The fourth-order valence-electron chi connectivity index (χ4n) is 3.43. The minimum Gasteiger partial charge on any atom is -0.453 e. The quantitative estimate of drug-likeness (QED) is 0.281. The lowest BCUT2D eigenvalue weighted by molar-refractivity contribution is -0.139. The van der Waals surface area contributed by atoms with E-state index in [2.05, 4.69) is 41.3 Å². The highest BCUT2D eigenvalue weighted by molar-refractivity contribution is 5.87. The molecule has 0 bridgehead atoms. The number of hydrogen-bond acceptors (Lipinski definition) is 5. The molecule has 0 radical (unpaired) electrons. The number of carbonyl (C=O) groups is 1. The number of halogens is 1. The summed E-state index contributed by atoms with van der Waals surface area (Å²) in [6, 6.07) is 14.2. The van der Waals surface area contributed by atoms with Gasteiger partial charge in [-0.05, 0) is 56.7 Å². The highest BCUT2D eigenvalue weighted by Crippen LogP contribution is 2.21. The normalized spacial score (nSPS) is 11.3. The molecule has 0 fully saturated rings. The lowest BCUT2D eigenvalue weighted by Gasteiger charge is -2.05. The number of hydrogen-bond donors (Lipinski definition) is 0. The van der Waals surface area contributed by atoms with Gasteiger partial charge >= 0.3 is 5.97 Å². The van der Waals surface area contributed by atoms with E-state index in [4.69, 9.17) is 9.15 Å². The topological polar surface area (TPSA) is 70.2 Å². The van der Waals surface area contributed by atoms with Crippen molar-refractivity contribution < 1.29 is 18.3 Å². The first-order valence-corrected chi connectivity index (χ1v) is 10.5. The fourth-order valence-corrected chi connectivity index (χ4v) is 3.43. The van der Waals surface area contributed by atoms with E-state index in [0.29, 0.717) is 17.9 Å². The number of rotatable bonds is 7. The third kappa shape index (κ3) is 5.44. The van der Waals surface area contributed by atoms with E-state index in [-0.39, 0.29) is 18.3 Å². The van der Waals surface area contributed by atoms with E-state index in [0.717, 1.165) is 22.5 Å². The molecule has 2 aromatic carbocycles. The number of aromatic nitrogens is 3. The first kappa shape index (κ1) is 22.2. The molecular weight excluding hydrogens is 421 g/mol. The van der Waals surface area contributed by atoms with Crippen LogP contribution in [-0.4, -0.2) is 20.7 Å². The molecule has 0 saturated carbocycles. The Morgan fingerprint density at radius 3 is 2.55 bits per heavy atom. The van der Waals surface area contributed by atoms with E-state index in [9.17, 15) is 9.18 Å². The molecule has 0 aliphatic heterocycles. The van der Waals surface area contributed by atoms with E-state index in [1.165, 1.54) is 30.0 Å². The van der Waals surface area contributed by atoms with Crippen LogP contribution in [0, 0.1) is 26.6 Å². The van der Waals surface area contributed by atoms with Crippen LogP contribution in [0.25, 0.3) is 17.4 Å². The number of benzene rings is 2. The van der Waals surface area contributed by atoms with Crippen molar-refractivity contribution in [2.75, 3.05) is 0 Å². The number of nitrogens with zero attached hydrogens (tertiary/aromatic N) is 3. The predicted molar refractivity (Wildman–Crippen MR) is 123 cm³/mol. The predicted octanol–water partition coefficient (Wildman–Crippen LogP) is 5.41. The average Bonchev–Trinajstić information content (AvgIpc) is 3.38. The van der Waals surface area contributed by atoms with Gasteiger partial charge in [0.2, 0.25) is 5.89 Å². The van der Waals surface area contributed by atoms with Crippen LogP contribution in [0.5, 0.6) is 0 Å². The second kappa shape index (κ2) is 9.65. The highest BCUT2D eigenvalue weighted by atomic mass is 19.1. The van der Waals surface area contributed by atoms with E-state index >= 15 is 0 Å². The highest BCUT2D eigenvalue weighted by Gasteiger charge is 2.11. The maximum absolute atomic E-state index is 13.1. The Balaban J connectivity index is 1.36. The molecule has 33 heavy (non-hydrogen) atoms. The lowest BCUT2D eigenvalue weighted by Crippen LogP contribution is -2.04. The molecule has 6 nitrogen and oxygen atoms in total. The van der Waals surface area contributed by atoms with Crippen LogP contribution in [0.4, 0.5) is 4.39 Å². The molecule has 4 rings (SSSR count). The zero-order valence-corrected chi connectivity index (χ0v) is 18.7. The summed E-state index contributed by atoms with van der Waals surface area (Å²) in [4.78, 5) is 16.3. The largest absolute Gasteiger partial charge is 0.453 e. The third-order valence-electron chi connectivity index (χ3n) is 5.30. The Labute approximate surface area is 191 Å². The Bertz CT molecular complexity index is 1290. The van der Waals surface area contributed by atoms with Gasteiger partial charge in [-0.2, -0.15) is 5.10 Å². The van der Waals surface area contributed by atoms with Gasteiger partial charge in [0.25, 0.3) is 0 Å². The molecule has 2 heterocycles. The SMILES string of the molecule is Cc1ccc(Cn2nc(C)c(C=CC(=O)OCc3ncc(-c4ccc(F)cc4)o3)c2C)cc1.